The standard InChI is InChI=1S/C14H29N3O/c1-11(4-3-7-18)16-14(9-15)8-12(2)17(10-14)13-5-6-13/h11-13,16,18H,3-10,15H2,1-2H3. The Bertz CT molecular complexity index is 270. The van der Waals surface area contributed by atoms with Crippen LogP contribution in [0, 0.1) is 0 Å². The molecule has 0 radical (unpaired) electrons. The molecule has 1 aliphatic heterocycles. The first-order valence-electron chi connectivity index (χ1n) is 7.44. The minimum absolute atomic E-state index is 0.0941. The Labute approximate surface area is 111 Å². The maximum atomic E-state index is 8.90. The van der Waals surface area contributed by atoms with Crippen LogP contribution >= 0.6 is 0 Å². The van der Waals surface area contributed by atoms with Crippen molar-refractivity contribution in [2.24, 2.45) is 5.73 Å². The minimum atomic E-state index is 0.0941. The first kappa shape index (κ1) is 14.3. The van der Waals surface area contributed by atoms with E-state index in [1.807, 2.05) is 0 Å². The Balaban J connectivity index is 1.90. The molecule has 3 atom stereocenters. The molecule has 0 amide bonds. The van der Waals surface area contributed by atoms with Gasteiger partial charge < -0.3 is 16.2 Å². The molecule has 2 aliphatic rings. The van der Waals surface area contributed by atoms with Crippen LogP contribution in [0.15, 0.2) is 0 Å². The molecule has 0 aromatic carbocycles. The third kappa shape index (κ3) is 3.23. The van der Waals surface area contributed by atoms with E-state index >= 15 is 0 Å². The monoisotopic (exact) mass is 255 g/mol. The third-order valence-corrected chi connectivity index (χ3v) is 4.49. The van der Waals surface area contributed by atoms with Crippen molar-refractivity contribution in [2.75, 3.05) is 19.7 Å². The molecule has 106 valence electrons. The molecule has 0 spiro atoms. The van der Waals surface area contributed by atoms with Crippen LogP contribution in [0.25, 0.3) is 0 Å². The van der Waals surface area contributed by atoms with Gasteiger partial charge in [-0.2, -0.15) is 0 Å². The van der Waals surface area contributed by atoms with E-state index in [-0.39, 0.29) is 12.1 Å². The van der Waals surface area contributed by atoms with Crippen molar-refractivity contribution in [3.8, 4) is 0 Å². The highest BCUT2D eigenvalue weighted by Gasteiger charge is 2.46. The van der Waals surface area contributed by atoms with E-state index in [9.17, 15) is 0 Å². The summed E-state index contributed by atoms with van der Waals surface area (Å²) in [6.45, 7) is 6.63. The summed E-state index contributed by atoms with van der Waals surface area (Å²) in [7, 11) is 0. The molecule has 1 saturated heterocycles. The highest BCUT2D eigenvalue weighted by Crippen LogP contribution is 2.37. The fourth-order valence-corrected chi connectivity index (χ4v) is 3.45. The molecule has 18 heavy (non-hydrogen) atoms. The summed E-state index contributed by atoms with van der Waals surface area (Å²) in [5, 5.41) is 12.6. The summed E-state index contributed by atoms with van der Waals surface area (Å²) in [4.78, 5) is 2.64. The number of nitrogens with one attached hydrogen (secondary N) is 1. The van der Waals surface area contributed by atoms with E-state index in [1.54, 1.807) is 0 Å². The van der Waals surface area contributed by atoms with E-state index in [0.717, 1.165) is 31.8 Å². The number of likely N-dealkylation sites (tertiary alicyclic amines) is 1. The molecule has 3 unspecified atom stereocenters. The van der Waals surface area contributed by atoms with Gasteiger partial charge >= 0.3 is 0 Å². The van der Waals surface area contributed by atoms with Crippen molar-refractivity contribution in [3.63, 3.8) is 0 Å². The molecule has 0 aromatic heterocycles. The molecular formula is C14H29N3O. The van der Waals surface area contributed by atoms with Gasteiger partial charge in [0.2, 0.25) is 0 Å². The van der Waals surface area contributed by atoms with E-state index in [2.05, 4.69) is 24.1 Å². The van der Waals surface area contributed by atoms with Gasteiger partial charge in [-0.15, -0.1) is 0 Å². The lowest BCUT2D eigenvalue weighted by Crippen LogP contribution is -2.56. The quantitative estimate of drug-likeness (QED) is 0.626. The third-order valence-electron chi connectivity index (χ3n) is 4.49. The Kier molecular flexibility index (Phi) is 4.64. The predicted octanol–water partition coefficient (Wildman–Crippen LogP) is 0.691. The number of nitrogens with zero attached hydrogens (tertiary/aromatic N) is 1. The largest absolute Gasteiger partial charge is 0.396 e. The van der Waals surface area contributed by atoms with Gasteiger partial charge in [0.25, 0.3) is 0 Å². The zero-order valence-corrected chi connectivity index (χ0v) is 11.9. The Morgan fingerprint density at radius 2 is 2.22 bits per heavy atom. The fraction of sp³-hybridized carbons (Fsp3) is 1.00. The summed E-state index contributed by atoms with van der Waals surface area (Å²) in [5.41, 5.74) is 6.15. The zero-order chi connectivity index (χ0) is 13.2. The normalized spacial score (nSPS) is 35.0. The molecule has 1 heterocycles. The maximum absolute atomic E-state index is 8.90. The number of hydrogen-bond acceptors (Lipinski definition) is 4. The Hall–Kier alpha value is -0.160. The van der Waals surface area contributed by atoms with Crippen molar-refractivity contribution in [3.05, 3.63) is 0 Å². The summed E-state index contributed by atoms with van der Waals surface area (Å²) in [6, 6.07) is 1.91. The molecule has 1 aliphatic carbocycles. The van der Waals surface area contributed by atoms with E-state index in [0.29, 0.717) is 18.6 Å². The lowest BCUT2D eigenvalue weighted by Gasteiger charge is -2.33. The molecule has 2 rings (SSSR count). The van der Waals surface area contributed by atoms with Gasteiger partial charge in [0.1, 0.15) is 0 Å². The summed E-state index contributed by atoms with van der Waals surface area (Å²) >= 11 is 0. The maximum Gasteiger partial charge on any atom is 0.0449 e. The number of rotatable bonds is 7. The van der Waals surface area contributed by atoms with Crippen LogP contribution in [0.4, 0.5) is 0 Å². The number of nitrogens with two attached hydrogens (primary N) is 1. The van der Waals surface area contributed by atoms with Crippen LogP contribution in [0.3, 0.4) is 0 Å². The second kappa shape index (κ2) is 5.87. The van der Waals surface area contributed by atoms with Crippen molar-refractivity contribution >= 4 is 0 Å². The van der Waals surface area contributed by atoms with Crippen molar-refractivity contribution in [1.29, 1.82) is 0 Å². The van der Waals surface area contributed by atoms with Crippen LogP contribution < -0.4 is 11.1 Å². The molecule has 4 N–H and O–H groups in total. The summed E-state index contributed by atoms with van der Waals surface area (Å²) in [6.07, 6.45) is 5.78. The minimum Gasteiger partial charge on any atom is -0.396 e. The van der Waals surface area contributed by atoms with E-state index in [4.69, 9.17) is 10.8 Å². The summed E-state index contributed by atoms with van der Waals surface area (Å²) in [5.74, 6) is 0. The van der Waals surface area contributed by atoms with Crippen molar-refractivity contribution in [2.45, 2.75) is 69.6 Å². The van der Waals surface area contributed by atoms with E-state index < -0.39 is 0 Å². The highest BCUT2D eigenvalue weighted by atomic mass is 16.2. The average molecular weight is 255 g/mol. The number of aliphatic hydroxyl groups excluding tert-OH is 1. The smallest absolute Gasteiger partial charge is 0.0449 e. The first-order valence-corrected chi connectivity index (χ1v) is 7.44. The lowest BCUT2D eigenvalue weighted by molar-refractivity contribution is 0.229. The highest BCUT2D eigenvalue weighted by molar-refractivity contribution is 5.06. The average Bonchev–Trinajstić information content (AvgIpc) is 3.13. The number of aliphatic hydroxyl groups is 1. The van der Waals surface area contributed by atoms with Gasteiger partial charge in [0.05, 0.1) is 0 Å². The van der Waals surface area contributed by atoms with Gasteiger partial charge in [-0.05, 0) is 46.0 Å². The van der Waals surface area contributed by atoms with Gasteiger partial charge in [0, 0.05) is 43.4 Å². The van der Waals surface area contributed by atoms with Gasteiger partial charge in [-0.25, -0.2) is 0 Å². The first-order chi connectivity index (χ1) is 8.60. The SMILES string of the molecule is CC(CCCO)NC1(CN)CC(C)N(C2CC2)C1. The Morgan fingerprint density at radius 1 is 1.50 bits per heavy atom. The molecule has 4 nitrogen and oxygen atoms in total. The van der Waals surface area contributed by atoms with Crippen LogP contribution in [0.2, 0.25) is 0 Å². The molecule has 2 fully saturated rings. The van der Waals surface area contributed by atoms with Gasteiger partial charge in [-0.3, -0.25) is 4.90 Å². The topological polar surface area (TPSA) is 61.5 Å². The lowest BCUT2D eigenvalue weighted by atomic mass is 9.94. The summed E-state index contributed by atoms with van der Waals surface area (Å²) < 4.78 is 0. The molecule has 0 bridgehead atoms. The van der Waals surface area contributed by atoms with Crippen LogP contribution in [-0.2, 0) is 0 Å². The van der Waals surface area contributed by atoms with Crippen LogP contribution in [-0.4, -0.2) is 53.4 Å². The van der Waals surface area contributed by atoms with Crippen LogP contribution in [0.5, 0.6) is 0 Å². The second-order valence-electron chi connectivity index (χ2n) is 6.35. The fourth-order valence-electron chi connectivity index (χ4n) is 3.45. The Morgan fingerprint density at radius 3 is 2.78 bits per heavy atom. The van der Waals surface area contributed by atoms with Crippen molar-refractivity contribution < 1.29 is 5.11 Å². The molecule has 1 saturated carbocycles. The van der Waals surface area contributed by atoms with Crippen molar-refractivity contribution in [1.82, 2.24) is 10.2 Å². The van der Waals surface area contributed by atoms with Crippen LogP contribution in [0.1, 0.15) is 46.0 Å². The molecule has 0 aromatic rings. The van der Waals surface area contributed by atoms with Gasteiger partial charge in [0.15, 0.2) is 0 Å². The molecular weight excluding hydrogens is 226 g/mol. The number of hydrogen-bond donors (Lipinski definition) is 3. The second-order valence-corrected chi connectivity index (χ2v) is 6.35. The molecule has 4 heteroatoms. The van der Waals surface area contributed by atoms with Gasteiger partial charge in [-0.1, -0.05) is 0 Å². The van der Waals surface area contributed by atoms with E-state index in [1.165, 1.54) is 12.8 Å². The predicted molar refractivity (Wildman–Crippen MR) is 74.5 cm³/mol. The zero-order valence-electron chi connectivity index (χ0n) is 11.9.